The monoisotopic (exact) mass is 238 g/mol. The maximum Gasteiger partial charge on any atom is 0.149 e. The summed E-state index contributed by atoms with van der Waals surface area (Å²) in [6, 6.07) is 4.19. The first-order valence-corrected chi connectivity index (χ1v) is 6.81. The molecular weight excluding hydrogens is 220 g/mol. The summed E-state index contributed by atoms with van der Waals surface area (Å²) in [5.41, 5.74) is 11.9. The molecule has 2 atom stereocenters. The lowest BCUT2D eigenvalue weighted by Crippen LogP contribution is -2.26. The first-order chi connectivity index (χ1) is 7.70. The molecule has 5 N–H and O–H groups in total. The van der Waals surface area contributed by atoms with Gasteiger partial charge in [-0.05, 0) is 31.2 Å². The van der Waals surface area contributed by atoms with E-state index in [2.05, 4.69) is 16.6 Å². The summed E-state index contributed by atoms with van der Waals surface area (Å²) in [4.78, 5) is 4.24. The van der Waals surface area contributed by atoms with Gasteiger partial charge in [-0.2, -0.15) is 11.8 Å². The number of thioether (sulfide) groups is 1. The van der Waals surface area contributed by atoms with E-state index in [9.17, 15) is 0 Å². The van der Waals surface area contributed by atoms with Gasteiger partial charge in [0.05, 0.1) is 5.69 Å². The molecule has 1 aliphatic rings. The molecule has 4 nitrogen and oxygen atoms in total. The zero-order valence-electron chi connectivity index (χ0n) is 9.44. The Labute approximate surface area is 100 Å². The highest BCUT2D eigenvalue weighted by Crippen LogP contribution is 2.30. The van der Waals surface area contributed by atoms with E-state index < -0.39 is 0 Å². The third-order valence-electron chi connectivity index (χ3n) is 3.05. The topological polar surface area (TPSA) is 77.0 Å². The molecule has 0 aromatic carbocycles. The van der Waals surface area contributed by atoms with Gasteiger partial charge in [-0.25, -0.2) is 4.98 Å². The lowest BCUT2D eigenvalue weighted by molar-refractivity contribution is 0.764. The van der Waals surface area contributed by atoms with E-state index in [1.54, 1.807) is 6.07 Å². The maximum atomic E-state index is 5.68. The highest BCUT2D eigenvalue weighted by molar-refractivity contribution is 7.99. The Bertz CT molecular complexity index is 369. The molecule has 88 valence electrons. The van der Waals surface area contributed by atoms with Gasteiger partial charge in [-0.1, -0.05) is 6.42 Å². The van der Waals surface area contributed by atoms with Crippen LogP contribution in [0.15, 0.2) is 12.1 Å². The molecule has 1 saturated carbocycles. The molecule has 0 spiro atoms. The van der Waals surface area contributed by atoms with Gasteiger partial charge in [0.25, 0.3) is 0 Å². The van der Waals surface area contributed by atoms with Crippen LogP contribution in [0.4, 0.5) is 17.3 Å². The van der Waals surface area contributed by atoms with Crippen molar-refractivity contribution < 1.29 is 0 Å². The van der Waals surface area contributed by atoms with Crippen LogP contribution in [0.3, 0.4) is 0 Å². The van der Waals surface area contributed by atoms with Crippen LogP contribution in [0.25, 0.3) is 0 Å². The van der Waals surface area contributed by atoms with Crippen molar-refractivity contribution in [3.05, 3.63) is 12.1 Å². The number of rotatable bonds is 3. The van der Waals surface area contributed by atoms with Crippen molar-refractivity contribution >= 4 is 29.1 Å². The third-order valence-corrected chi connectivity index (χ3v) is 4.22. The van der Waals surface area contributed by atoms with Crippen LogP contribution in [0.2, 0.25) is 0 Å². The van der Waals surface area contributed by atoms with E-state index in [1.807, 2.05) is 17.8 Å². The molecule has 16 heavy (non-hydrogen) atoms. The van der Waals surface area contributed by atoms with Gasteiger partial charge in [0.15, 0.2) is 0 Å². The number of aromatic nitrogens is 1. The Morgan fingerprint density at radius 3 is 2.88 bits per heavy atom. The SMILES string of the molecule is CSC1CCCC1Nc1ccc(N)c(N)n1. The summed E-state index contributed by atoms with van der Waals surface area (Å²) in [5.74, 6) is 1.24. The average Bonchev–Trinajstić information content (AvgIpc) is 2.71. The molecular formula is C11H18N4S. The van der Waals surface area contributed by atoms with Crippen LogP contribution in [0.1, 0.15) is 19.3 Å². The molecule has 0 aliphatic heterocycles. The Morgan fingerprint density at radius 1 is 1.38 bits per heavy atom. The smallest absolute Gasteiger partial charge is 0.149 e. The maximum absolute atomic E-state index is 5.68. The molecule has 2 unspecified atom stereocenters. The third kappa shape index (κ3) is 2.35. The van der Waals surface area contributed by atoms with E-state index in [4.69, 9.17) is 11.5 Å². The summed E-state index contributed by atoms with van der Waals surface area (Å²) in [6.07, 6.45) is 5.93. The molecule has 1 heterocycles. The van der Waals surface area contributed by atoms with Crippen molar-refractivity contribution in [1.29, 1.82) is 0 Å². The number of nitrogens with zero attached hydrogens (tertiary/aromatic N) is 1. The van der Waals surface area contributed by atoms with Crippen LogP contribution < -0.4 is 16.8 Å². The van der Waals surface area contributed by atoms with Gasteiger partial charge in [0.2, 0.25) is 0 Å². The van der Waals surface area contributed by atoms with Gasteiger partial charge >= 0.3 is 0 Å². The van der Waals surface area contributed by atoms with Crippen molar-refractivity contribution in [3.8, 4) is 0 Å². The molecule has 1 aliphatic carbocycles. The molecule has 1 aromatic heterocycles. The van der Waals surface area contributed by atoms with E-state index in [0.29, 0.717) is 22.8 Å². The molecule has 1 aromatic rings. The fraction of sp³-hybridized carbons (Fsp3) is 0.545. The van der Waals surface area contributed by atoms with Crippen molar-refractivity contribution in [2.24, 2.45) is 0 Å². The number of anilines is 3. The number of hydrogen-bond acceptors (Lipinski definition) is 5. The van der Waals surface area contributed by atoms with Gasteiger partial charge in [-0.15, -0.1) is 0 Å². The minimum absolute atomic E-state index is 0.406. The second kappa shape index (κ2) is 4.82. The summed E-state index contributed by atoms with van der Waals surface area (Å²) >= 11 is 1.92. The first-order valence-electron chi connectivity index (χ1n) is 5.52. The molecule has 0 amide bonds. The number of nitrogen functional groups attached to an aromatic ring is 2. The highest BCUT2D eigenvalue weighted by atomic mass is 32.2. The second-order valence-corrected chi connectivity index (χ2v) is 5.20. The van der Waals surface area contributed by atoms with Crippen LogP contribution in [0, 0.1) is 0 Å². The van der Waals surface area contributed by atoms with Crippen molar-refractivity contribution in [3.63, 3.8) is 0 Å². The Hall–Kier alpha value is -1.10. The predicted molar refractivity (Wildman–Crippen MR) is 71.6 cm³/mol. The molecule has 0 saturated heterocycles. The van der Waals surface area contributed by atoms with Crippen LogP contribution >= 0.6 is 11.8 Å². The molecule has 5 heteroatoms. The summed E-state index contributed by atoms with van der Waals surface area (Å²) in [6.45, 7) is 0. The van der Waals surface area contributed by atoms with Crippen molar-refractivity contribution in [2.75, 3.05) is 23.0 Å². The Kier molecular flexibility index (Phi) is 3.43. The molecule has 0 bridgehead atoms. The number of nitrogens with one attached hydrogen (secondary N) is 1. The van der Waals surface area contributed by atoms with Gasteiger partial charge in [0, 0.05) is 11.3 Å². The van der Waals surface area contributed by atoms with Crippen LogP contribution in [-0.2, 0) is 0 Å². The van der Waals surface area contributed by atoms with E-state index in [1.165, 1.54) is 19.3 Å². The zero-order valence-corrected chi connectivity index (χ0v) is 10.3. The van der Waals surface area contributed by atoms with Crippen LogP contribution in [0.5, 0.6) is 0 Å². The second-order valence-electron chi connectivity index (χ2n) is 4.13. The standard InChI is InChI=1S/C11H18N4S/c1-16-9-4-2-3-8(9)14-10-6-5-7(12)11(13)15-10/h5-6,8-9H,2-4,12H2,1H3,(H3,13,14,15). The minimum Gasteiger partial charge on any atom is -0.396 e. The van der Waals surface area contributed by atoms with Gasteiger partial charge in [0.1, 0.15) is 11.6 Å². The average molecular weight is 238 g/mol. The largest absolute Gasteiger partial charge is 0.396 e. The van der Waals surface area contributed by atoms with Crippen LogP contribution in [-0.4, -0.2) is 22.5 Å². The lowest BCUT2D eigenvalue weighted by atomic mass is 10.2. The lowest BCUT2D eigenvalue weighted by Gasteiger charge is -2.20. The summed E-state index contributed by atoms with van der Waals surface area (Å²) in [7, 11) is 0. The molecule has 1 fully saturated rings. The quantitative estimate of drug-likeness (QED) is 0.750. The number of pyridine rings is 1. The molecule has 0 radical (unpaired) electrons. The zero-order chi connectivity index (χ0) is 11.5. The fourth-order valence-corrected chi connectivity index (χ4v) is 3.06. The fourth-order valence-electron chi connectivity index (χ4n) is 2.13. The number of nitrogens with two attached hydrogens (primary N) is 2. The Balaban J connectivity index is 2.05. The summed E-state index contributed by atoms with van der Waals surface area (Å²) in [5, 5.41) is 4.12. The normalized spacial score (nSPS) is 24.6. The van der Waals surface area contributed by atoms with Crippen molar-refractivity contribution in [2.45, 2.75) is 30.6 Å². The highest BCUT2D eigenvalue weighted by Gasteiger charge is 2.26. The predicted octanol–water partition coefficient (Wildman–Crippen LogP) is 1.94. The summed E-state index contributed by atoms with van der Waals surface area (Å²) < 4.78 is 0. The molecule has 2 rings (SSSR count). The number of hydrogen-bond donors (Lipinski definition) is 3. The minimum atomic E-state index is 0.406. The van der Waals surface area contributed by atoms with E-state index in [-0.39, 0.29) is 0 Å². The Morgan fingerprint density at radius 2 is 2.19 bits per heavy atom. The first kappa shape index (κ1) is 11.4. The van der Waals surface area contributed by atoms with E-state index in [0.717, 1.165) is 5.82 Å². The van der Waals surface area contributed by atoms with Crippen molar-refractivity contribution in [1.82, 2.24) is 4.98 Å². The van der Waals surface area contributed by atoms with Gasteiger partial charge in [-0.3, -0.25) is 0 Å². The van der Waals surface area contributed by atoms with E-state index >= 15 is 0 Å². The van der Waals surface area contributed by atoms with Gasteiger partial charge < -0.3 is 16.8 Å².